The lowest BCUT2D eigenvalue weighted by Gasteiger charge is -2.34. The average molecular weight is 421 g/mol. The number of hydrogen-bond acceptors (Lipinski definition) is 5. The minimum atomic E-state index is -0.343. The Labute approximate surface area is 183 Å². The predicted octanol–water partition coefficient (Wildman–Crippen LogP) is 3.86. The number of urea groups is 1. The van der Waals surface area contributed by atoms with Gasteiger partial charge >= 0.3 is 12.0 Å². The summed E-state index contributed by atoms with van der Waals surface area (Å²) in [4.78, 5) is 28.6. The number of nitriles is 1. The summed E-state index contributed by atoms with van der Waals surface area (Å²) in [6.45, 7) is 6.13. The van der Waals surface area contributed by atoms with E-state index in [-0.39, 0.29) is 12.0 Å². The lowest BCUT2D eigenvalue weighted by Crippen LogP contribution is -2.49. The zero-order chi connectivity index (χ0) is 22.1. The van der Waals surface area contributed by atoms with Crippen LogP contribution in [0.3, 0.4) is 0 Å². The first kappa shape index (κ1) is 22.3. The van der Waals surface area contributed by atoms with E-state index in [1.165, 1.54) is 0 Å². The van der Waals surface area contributed by atoms with Crippen molar-refractivity contribution < 1.29 is 14.3 Å². The van der Waals surface area contributed by atoms with Crippen LogP contribution in [-0.2, 0) is 11.3 Å². The van der Waals surface area contributed by atoms with Crippen molar-refractivity contribution in [2.75, 3.05) is 38.1 Å². The number of amides is 2. The van der Waals surface area contributed by atoms with E-state index in [1.54, 1.807) is 29.2 Å². The molecule has 0 aromatic heterocycles. The third kappa shape index (κ3) is 6.56. The molecule has 0 unspecified atom stereocenters. The van der Waals surface area contributed by atoms with Gasteiger partial charge in [0.05, 0.1) is 23.8 Å². The van der Waals surface area contributed by atoms with Gasteiger partial charge in [-0.25, -0.2) is 9.59 Å². The molecule has 0 aliphatic carbocycles. The number of carbonyl (C=O) groups excluding carboxylic acids is 2. The molecule has 0 spiro atoms. The highest BCUT2D eigenvalue weighted by Crippen LogP contribution is 2.14. The first-order valence-corrected chi connectivity index (χ1v) is 10.6. The minimum absolute atomic E-state index is 0.142. The molecule has 1 heterocycles. The Morgan fingerprint density at radius 3 is 2.32 bits per heavy atom. The van der Waals surface area contributed by atoms with Crippen LogP contribution in [0.5, 0.6) is 0 Å². The number of nitrogens with one attached hydrogen (secondary N) is 1. The van der Waals surface area contributed by atoms with Crippen LogP contribution in [-0.4, -0.2) is 54.6 Å². The molecule has 2 aromatic rings. The maximum Gasteiger partial charge on any atom is 0.338 e. The van der Waals surface area contributed by atoms with Crippen molar-refractivity contribution in [3.8, 4) is 6.07 Å². The van der Waals surface area contributed by atoms with Crippen molar-refractivity contribution in [1.29, 1.82) is 5.26 Å². The summed E-state index contributed by atoms with van der Waals surface area (Å²) in [6.07, 6.45) is 1.82. The van der Waals surface area contributed by atoms with Crippen LogP contribution in [0.4, 0.5) is 10.5 Å². The van der Waals surface area contributed by atoms with E-state index in [4.69, 9.17) is 10.00 Å². The van der Waals surface area contributed by atoms with Crippen molar-refractivity contribution in [2.24, 2.45) is 0 Å². The van der Waals surface area contributed by atoms with Crippen LogP contribution in [0.2, 0.25) is 0 Å². The number of esters is 1. The lowest BCUT2D eigenvalue weighted by molar-refractivity contribution is 0.0500. The molecule has 2 amide bonds. The summed E-state index contributed by atoms with van der Waals surface area (Å²) in [5.41, 5.74) is 2.94. The van der Waals surface area contributed by atoms with E-state index in [2.05, 4.69) is 16.3 Å². The number of rotatable bonds is 7. The summed E-state index contributed by atoms with van der Waals surface area (Å²) >= 11 is 0. The Morgan fingerprint density at radius 1 is 1.03 bits per heavy atom. The van der Waals surface area contributed by atoms with Gasteiger partial charge in [0.1, 0.15) is 0 Å². The predicted molar refractivity (Wildman–Crippen MR) is 119 cm³/mol. The Morgan fingerprint density at radius 2 is 1.71 bits per heavy atom. The molecule has 7 heteroatoms. The van der Waals surface area contributed by atoms with Gasteiger partial charge in [0.25, 0.3) is 0 Å². The standard InChI is InChI=1S/C24H28N4O3/c1-2-3-16-31-23(29)21-8-10-22(11-9-21)26-24(30)28-14-12-27(13-15-28)18-20-6-4-19(17-25)5-7-20/h4-11H,2-3,12-16,18H2,1H3,(H,26,30). The van der Waals surface area contributed by atoms with Crippen molar-refractivity contribution >= 4 is 17.7 Å². The Bertz CT molecular complexity index is 911. The fourth-order valence-corrected chi connectivity index (χ4v) is 3.34. The van der Waals surface area contributed by atoms with Gasteiger partial charge in [0, 0.05) is 38.4 Å². The molecule has 31 heavy (non-hydrogen) atoms. The number of anilines is 1. The van der Waals surface area contributed by atoms with E-state index < -0.39 is 0 Å². The topological polar surface area (TPSA) is 85.7 Å². The molecule has 1 fully saturated rings. The van der Waals surface area contributed by atoms with Gasteiger partial charge in [0.15, 0.2) is 0 Å². The smallest absolute Gasteiger partial charge is 0.338 e. The summed E-state index contributed by atoms with van der Waals surface area (Å²) in [7, 11) is 0. The van der Waals surface area contributed by atoms with Crippen LogP contribution < -0.4 is 5.32 Å². The number of nitrogens with zero attached hydrogens (tertiary/aromatic N) is 3. The normalized spacial score (nSPS) is 14.0. The summed E-state index contributed by atoms with van der Waals surface area (Å²) < 4.78 is 5.20. The molecule has 1 aliphatic rings. The van der Waals surface area contributed by atoms with Crippen LogP contribution in [0, 0.1) is 11.3 Å². The molecule has 0 atom stereocenters. The molecule has 1 N–H and O–H groups in total. The number of piperazine rings is 1. The Balaban J connectivity index is 1.44. The fraction of sp³-hybridized carbons (Fsp3) is 0.375. The Hall–Kier alpha value is -3.37. The largest absolute Gasteiger partial charge is 0.462 e. The molecular weight excluding hydrogens is 392 g/mol. The van der Waals surface area contributed by atoms with Crippen molar-refractivity contribution in [3.63, 3.8) is 0 Å². The SMILES string of the molecule is CCCCOC(=O)c1ccc(NC(=O)N2CCN(Cc3ccc(C#N)cc3)CC2)cc1. The molecule has 1 aliphatic heterocycles. The number of carbonyl (C=O) groups is 2. The van der Waals surface area contributed by atoms with Crippen LogP contribution >= 0.6 is 0 Å². The van der Waals surface area contributed by atoms with E-state index in [1.807, 2.05) is 31.2 Å². The molecule has 7 nitrogen and oxygen atoms in total. The lowest BCUT2D eigenvalue weighted by atomic mass is 10.1. The zero-order valence-electron chi connectivity index (χ0n) is 17.8. The van der Waals surface area contributed by atoms with Crippen LogP contribution in [0.1, 0.15) is 41.3 Å². The molecule has 2 aromatic carbocycles. The third-order valence-electron chi connectivity index (χ3n) is 5.25. The van der Waals surface area contributed by atoms with Gasteiger partial charge in [-0.15, -0.1) is 0 Å². The average Bonchev–Trinajstić information content (AvgIpc) is 2.80. The second kappa shape index (κ2) is 11.1. The van der Waals surface area contributed by atoms with Crippen LogP contribution in [0.15, 0.2) is 48.5 Å². The highest BCUT2D eigenvalue weighted by Gasteiger charge is 2.21. The maximum absolute atomic E-state index is 12.6. The van der Waals surface area contributed by atoms with Crippen LogP contribution in [0.25, 0.3) is 0 Å². The van der Waals surface area contributed by atoms with Gasteiger partial charge < -0.3 is 15.0 Å². The second-order valence-electron chi connectivity index (χ2n) is 7.57. The van der Waals surface area contributed by atoms with Crippen molar-refractivity contribution in [2.45, 2.75) is 26.3 Å². The molecule has 0 bridgehead atoms. The fourth-order valence-electron chi connectivity index (χ4n) is 3.34. The number of hydrogen-bond donors (Lipinski definition) is 1. The highest BCUT2D eigenvalue weighted by atomic mass is 16.5. The van der Waals surface area contributed by atoms with Gasteiger partial charge in [-0.05, 0) is 48.4 Å². The first-order chi connectivity index (χ1) is 15.1. The summed E-state index contributed by atoms with van der Waals surface area (Å²) in [6, 6.07) is 16.4. The van der Waals surface area contributed by atoms with Crippen molar-refractivity contribution in [3.05, 3.63) is 65.2 Å². The number of unbranched alkanes of at least 4 members (excludes halogenated alkanes) is 1. The quantitative estimate of drug-likeness (QED) is 0.543. The maximum atomic E-state index is 12.6. The summed E-state index contributed by atoms with van der Waals surface area (Å²) in [5, 5.41) is 11.8. The van der Waals surface area contributed by atoms with E-state index in [0.29, 0.717) is 36.5 Å². The Kier molecular flexibility index (Phi) is 8.02. The van der Waals surface area contributed by atoms with Gasteiger partial charge in [-0.2, -0.15) is 5.26 Å². The third-order valence-corrected chi connectivity index (χ3v) is 5.25. The molecule has 1 saturated heterocycles. The minimum Gasteiger partial charge on any atom is -0.462 e. The van der Waals surface area contributed by atoms with Gasteiger partial charge in [-0.1, -0.05) is 25.5 Å². The molecule has 3 rings (SSSR count). The van der Waals surface area contributed by atoms with Gasteiger partial charge in [0.2, 0.25) is 0 Å². The molecular formula is C24H28N4O3. The summed E-state index contributed by atoms with van der Waals surface area (Å²) in [5.74, 6) is -0.343. The zero-order valence-corrected chi connectivity index (χ0v) is 17.8. The van der Waals surface area contributed by atoms with E-state index >= 15 is 0 Å². The van der Waals surface area contributed by atoms with E-state index in [9.17, 15) is 9.59 Å². The molecule has 162 valence electrons. The highest BCUT2D eigenvalue weighted by molar-refractivity contribution is 5.92. The monoisotopic (exact) mass is 420 g/mol. The van der Waals surface area contributed by atoms with Gasteiger partial charge in [-0.3, -0.25) is 4.90 Å². The first-order valence-electron chi connectivity index (χ1n) is 10.6. The second-order valence-corrected chi connectivity index (χ2v) is 7.57. The molecule has 0 radical (unpaired) electrons. The number of ether oxygens (including phenoxy) is 1. The molecule has 0 saturated carbocycles. The van der Waals surface area contributed by atoms with E-state index in [0.717, 1.165) is 38.0 Å². The van der Waals surface area contributed by atoms with Crippen molar-refractivity contribution in [1.82, 2.24) is 9.80 Å². The number of benzene rings is 2.